The van der Waals surface area contributed by atoms with Crippen LogP contribution in [0, 0.1) is 0 Å². The molecule has 4 rings (SSSR count). The van der Waals surface area contributed by atoms with E-state index in [0.29, 0.717) is 16.5 Å². The van der Waals surface area contributed by atoms with Crippen LogP contribution in [-0.4, -0.2) is 48.2 Å². The van der Waals surface area contributed by atoms with Crippen LogP contribution in [-0.2, 0) is 4.79 Å². The van der Waals surface area contributed by atoms with E-state index in [4.69, 9.17) is 21.4 Å². The first kappa shape index (κ1) is 23.9. The molecule has 2 aliphatic heterocycles. The molecular weight excluding hydrogens is 471 g/mol. The first-order valence-electron chi connectivity index (χ1n) is 10.7. The van der Waals surface area contributed by atoms with Crippen LogP contribution >= 0.6 is 11.6 Å². The van der Waals surface area contributed by atoms with E-state index in [-0.39, 0.29) is 11.7 Å². The van der Waals surface area contributed by atoms with E-state index in [0.717, 1.165) is 36.6 Å². The number of anilines is 2. The highest BCUT2D eigenvalue weighted by atomic mass is 35.5. The summed E-state index contributed by atoms with van der Waals surface area (Å²) < 4.78 is 46.0. The first-order valence-corrected chi connectivity index (χ1v) is 11.1. The molecule has 0 spiro atoms. The lowest BCUT2D eigenvalue weighted by Gasteiger charge is -2.34. The molecule has 0 radical (unpaired) electrons. The van der Waals surface area contributed by atoms with Gasteiger partial charge in [0.1, 0.15) is 11.9 Å². The fourth-order valence-corrected chi connectivity index (χ4v) is 4.36. The Kier molecular flexibility index (Phi) is 6.74. The number of hydrogen-bond donors (Lipinski definition) is 1. The summed E-state index contributed by atoms with van der Waals surface area (Å²) in [5, 5.41) is 14.5. The van der Waals surface area contributed by atoms with Gasteiger partial charge in [0.05, 0.1) is 18.2 Å². The Hall–Kier alpha value is -3.20. The van der Waals surface area contributed by atoms with Gasteiger partial charge in [0, 0.05) is 42.2 Å². The van der Waals surface area contributed by atoms with Gasteiger partial charge in [0.15, 0.2) is 5.71 Å². The number of alkyl halides is 3. The summed E-state index contributed by atoms with van der Waals surface area (Å²) in [7, 11) is 0. The molecule has 0 aliphatic carbocycles. The van der Waals surface area contributed by atoms with Gasteiger partial charge >= 0.3 is 12.1 Å². The number of carboxylic acids is 1. The van der Waals surface area contributed by atoms with Gasteiger partial charge < -0.3 is 14.7 Å². The maximum atomic E-state index is 13.3. The van der Waals surface area contributed by atoms with Gasteiger partial charge in [-0.2, -0.15) is 18.3 Å². The summed E-state index contributed by atoms with van der Waals surface area (Å²) in [4.78, 5) is 13.5. The lowest BCUT2D eigenvalue weighted by atomic mass is 10.0. The molecule has 2 heterocycles. The summed E-state index contributed by atoms with van der Waals surface area (Å²) >= 11 is 6.08. The molecule has 0 amide bonds. The minimum Gasteiger partial charge on any atom is -0.490 e. The number of carbonyl (C=O) groups is 1. The molecule has 1 atom stereocenters. The lowest BCUT2D eigenvalue weighted by molar-refractivity contribution is -0.137. The molecule has 180 valence electrons. The third-order valence-corrected chi connectivity index (χ3v) is 6.10. The topological polar surface area (TPSA) is 65.4 Å². The van der Waals surface area contributed by atoms with E-state index in [1.807, 2.05) is 24.3 Å². The molecule has 1 fully saturated rings. The summed E-state index contributed by atoms with van der Waals surface area (Å²) in [5.41, 5.74) is -0.126. The van der Waals surface area contributed by atoms with Crippen molar-refractivity contribution < 1.29 is 27.8 Å². The zero-order valence-corrected chi connectivity index (χ0v) is 18.9. The fraction of sp³-hybridized carbons (Fsp3) is 0.333. The van der Waals surface area contributed by atoms with E-state index in [1.54, 1.807) is 24.3 Å². The van der Waals surface area contributed by atoms with Crippen LogP contribution in [0.4, 0.5) is 24.5 Å². The third kappa shape index (κ3) is 5.30. The molecule has 0 aromatic heterocycles. The molecule has 0 saturated carbocycles. The van der Waals surface area contributed by atoms with E-state index in [1.165, 1.54) is 0 Å². The van der Waals surface area contributed by atoms with E-state index >= 15 is 0 Å². The molecule has 1 saturated heterocycles. The number of benzene rings is 2. The van der Waals surface area contributed by atoms with Crippen molar-refractivity contribution in [3.63, 3.8) is 0 Å². The fourth-order valence-electron chi connectivity index (χ4n) is 4.17. The van der Waals surface area contributed by atoms with Gasteiger partial charge in [-0.05, 0) is 42.5 Å². The summed E-state index contributed by atoms with van der Waals surface area (Å²) in [6.07, 6.45) is -3.65. The Balaban J connectivity index is 1.41. The van der Waals surface area contributed by atoms with Crippen molar-refractivity contribution in [2.45, 2.75) is 37.6 Å². The Bertz CT molecular complexity index is 1100. The molecule has 1 N–H and O–H groups in total. The second-order valence-electron chi connectivity index (χ2n) is 8.21. The van der Waals surface area contributed by atoms with Crippen molar-refractivity contribution in [2.75, 3.05) is 23.0 Å². The van der Waals surface area contributed by atoms with Crippen molar-refractivity contribution in [2.24, 2.45) is 5.10 Å². The van der Waals surface area contributed by atoms with Gasteiger partial charge in [0.25, 0.3) is 0 Å². The predicted molar refractivity (Wildman–Crippen MR) is 125 cm³/mol. The van der Waals surface area contributed by atoms with Gasteiger partial charge in [-0.15, -0.1) is 0 Å². The molecule has 6 nitrogen and oxygen atoms in total. The Morgan fingerprint density at radius 1 is 1.15 bits per heavy atom. The van der Waals surface area contributed by atoms with E-state index < -0.39 is 30.3 Å². The maximum Gasteiger partial charge on any atom is 0.435 e. The van der Waals surface area contributed by atoms with Crippen molar-refractivity contribution in [3.05, 3.63) is 65.7 Å². The monoisotopic (exact) mass is 493 g/mol. The van der Waals surface area contributed by atoms with Crippen LogP contribution in [0.3, 0.4) is 0 Å². The standard InChI is InChI=1S/C24H23ClF3N3O3/c1-15-21(14-22(32)33)31(29-23(15)24(26,27)28)17-5-7-19(8-6-17)34-20-9-11-30(12-10-20)18-4-2-3-16(25)13-18/h2-8,13,20-21H,1,9-12,14H2,(H,32,33)/t21-/m0/s1. The largest absolute Gasteiger partial charge is 0.490 e. The summed E-state index contributed by atoms with van der Waals surface area (Å²) in [5.74, 6) is -0.656. The normalized spacial score (nSPS) is 19.4. The highest BCUT2D eigenvalue weighted by Crippen LogP contribution is 2.36. The zero-order chi connectivity index (χ0) is 24.5. The number of aliphatic carboxylic acids is 1. The number of hydrogen-bond acceptors (Lipinski definition) is 5. The van der Waals surface area contributed by atoms with Crippen LogP contribution < -0.4 is 14.6 Å². The van der Waals surface area contributed by atoms with Crippen LogP contribution in [0.5, 0.6) is 5.75 Å². The number of carboxylic acid groups (broad SMARTS) is 1. The summed E-state index contributed by atoms with van der Waals surface area (Å²) in [6, 6.07) is 13.0. The van der Waals surface area contributed by atoms with Crippen molar-refractivity contribution in [3.8, 4) is 5.75 Å². The molecule has 0 bridgehead atoms. The second-order valence-corrected chi connectivity index (χ2v) is 8.64. The second kappa shape index (κ2) is 9.58. The molecule has 10 heteroatoms. The number of nitrogens with zero attached hydrogens (tertiary/aromatic N) is 3. The highest BCUT2D eigenvalue weighted by Gasteiger charge is 2.46. The van der Waals surface area contributed by atoms with Crippen molar-refractivity contribution in [1.82, 2.24) is 0 Å². The van der Waals surface area contributed by atoms with Crippen LogP contribution in [0.15, 0.2) is 65.8 Å². The third-order valence-electron chi connectivity index (χ3n) is 5.87. The summed E-state index contributed by atoms with van der Waals surface area (Å²) in [6.45, 7) is 5.07. The molecule has 2 aliphatic rings. The molecule has 34 heavy (non-hydrogen) atoms. The number of piperidine rings is 1. The van der Waals surface area contributed by atoms with Crippen molar-refractivity contribution >= 4 is 34.7 Å². The lowest BCUT2D eigenvalue weighted by Crippen LogP contribution is -2.38. The zero-order valence-electron chi connectivity index (χ0n) is 18.1. The van der Waals surface area contributed by atoms with Gasteiger partial charge in [0.2, 0.25) is 0 Å². The Morgan fingerprint density at radius 3 is 2.41 bits per heavy atom. The number of ether oxygens (including phenoxy) is 1. The SMILES string of the molecule is C=C1C(C(F)(F)F)=NN(c2ccc(OC3CCN(c4cccc(Cl)c4)CC3)cc2)[C@H]1CC(=O)O. The number of hydrazone groups is 1. The van der Waals surface area contributed by atoms with E-state index in [9.17, 15) is 18.0 Å². The molecule has 2 aromatic rings. The van der Waals surface area contributed by atoms with Gasteiger partial charge in [-0.1, -0.05) is 24.2 Å². The predicted octanol–water partition coefficient (Wildman–Crippen LogP) is 5.53. The highest BCUT2D eigenvalue weighted by molar-refractivity contribution is 6.30. The quantitative estimate of drug-likeness (QED) is 0.573. The van der Waals surface area contributed by atoms with Crippen LogP contribution in [0.1, 0.15) is 19.3 Å². The first-order chi connectivity index (χ1) is 16.1. The minimum absolute atomic E-state index is 0.00228. The molecular formula is C24H23ClF3N3O3. The number of halogens is 4. The average Bonchev–Trinajstić information content (AvgIpc) is 3.11. The van der Waals surface area contributed by atoms with Crippen LogP contribution in [0.2, 0.25) is 5.02 Å². The number of rotatable bonds is 6. The van der Waals surface area contributed by atoms with Crippen LogP contribution in [0.25, 0.3) is 0 Å². The average molecular weight is 494 g/mol. The Morgan fingerprint density at radius 2 is 1.82 bits per heavy atom. The molecule has 0 unspecified atom stereocenters. The smallest absolute Gasteiger partial charge is 0.435 e. The van der Waals surface area contributed by atoms with Gasteiger partial charge in [-0.3, -0.25) is 9.80 Å². The van der Waals surface area contributed by atoms with Gasteiger partial charge in [-0.25, -0.2) is 0 Å². The molecule has 2 aromatic carbocycles. The van der Waals surface area contributed by atoms with E-state index in [2.05, 4.69) is 16.6 Å². The Labute approximate surface area is 199 Å². The minimum atomic E-state index is -4.72. The maximum absolute atomic E-state index is 13.3. The van der Waals surface area contributed by atoms with Crippen molar-refractivity contribution in [1.29, 1.82) is 0 Å².